The van der Waals surface area contributed by atoms with E-state index in [1.165, 1.54) is 34.6 Å². The number of hydrogen-bond donors (Lipinski definition) is 0. The van der Waals surface area contributed by atoms with Gasteiger partial charge in [0.05, 0.1) is 12.2 Å². The number of hydrogen-bond acceptors (Lipinski definition) is 3. The van der Waals surface area contributed by atoms with Gasteiger partial charge in [-0.2, -0.15) is 5.10 Å². The molecule has 6 heteroatoms. The highest BCUT2D eigenvalue weighted by Crippen LogP contribution is 2.24. The lowest BCUT2D eigenvalue weighted by atomic mass is 10.1. The summed E-state index contributed by atoms with van der Waals surface area (Å²) in [4.78, 5) is 12.9. The van der Waals surface area contributed by atoms with Gasteiger partial charge in [0.1, 0.15) is 5.82 Å². The van der Waals surface area contributed by atoms with Crippen molar-refractivity contribution in [1.29, 1.82) is 0 Å². The number of halogens is 2. The second-order valence-electron chi connectivity index (χ2n) is 5.19. The Hall–Kier alpha value is -2.11. The SMILES string of the molecule is CSc1ccc(-c2ccc(=O)n(Cc3ccc(Cl)cc3)n2)c(F)c1. The summed E-state index contributed by atoms with van der Waals surface area (Å²) in [6.07, 6.45) is 1.89. The van der Waals surface area contributed by atoms with Crippen LogP contribution in [0.3, 0.4) is 0 Å². The van der Waals surface area contributed by atoms with Gasteiger partial charge in [-0.3, -0.25) is 4.79 Å². The molecule has 2 aromatic carbocycles. The minimum absolute atomic E-state index is 0.241. The average molecular weight is 361 g/mol. The lowest BCUT2D eigenvalue weighted by molar-refractivity contribution is 0.618. The summed E-state index contributed by atoms with van der Waals surface area (Å²) in [7, 11) is 0. The molecule has 0 atom stereocenters. The van der Waals surface area contributed by atoms with Gasteiger partial charge < -0.3 is 0 Å². The van der Waals surface area contributed by atoms with E-state index in [1.807, 2.05) is 24.5 Å². The second-order valence-corrected chi connectivity index (χ2v) is 6.50. The van der Waals surface area contributed by atoms with Crippen molar-refractivity contribution in [2.45, 2.75) is 11.4 Å². The van der Waals surface area contributed by atoms with Crippen LogP contribution in [0.5, 0.6) is 0 Å². The Morgan fingerprint density at radius 1 is 1.12 bits per heavy atom. The zero-order valence-corrected chi connectivity index (χ0v) is 14.4. The van der Waals surface area contributed by atoms with Crippen molar-refractivity contribution in [1.82, 2.24) is 9.78 Å². The van der Waals surface area contributed by atoms with E-state index in [1.54, 1.807) is 18.2 Å². The van der Waals surface area contributed by atoms with Gasteiger partial charge in [-0.25, -0.2) is 9.07 Å². The highest BCUT2D eigenvalue weighted by Gasteiger charge is 2.10. The lowest BCUT2D eigenvalue weighted by Crippen LogP contribution is -2.22. The first-order chi connectivity index (χ1) is 11.6. The summed E-state index contributed by atoms with van der Waals surface area (Å²) in [5.74, 6) is -0.356. The summed E-state index contributed by atoms with van der Waals surface area (Å²) >= 11 is 7.33. The number of rotatable bonds is 4. The maximum absolute atomic E-state index is 14.3. The molecule has 0 amide bonds. The minimum Gasteiger partial charge on any atom is -0.268 e. The Morgan fingerprint density at radius 2 is 1.88 bits per heavy atom. The Morgan fingerprint density at radius 3 is 2.54 bits per heavy atom. The van der Waals surface area contributed by atoms with E-state index in [9.17, 15) is 9.18 Å². The van der Waals surface area contributed by atoms with Crippen LogP contribution in [0, 0.1) is 5.82 Å². The smallest absolute Gasteiger partial charge is 0.267 e. The summed E-state index contributed by atoms with van der Waals surface area (Å²) in [5.41, 5.74) is 1.45. The van der Waals surface area contributed by atoms with Crippen LogP contribution in [-0.2, 0) is 6.54 Å². The molecule has 0 bridgehead atoms. The fourth-order valence-electron chi connectivity index (χ4n) is 2.30. The van der Waals surface area contributed by atoms with Crippen molar-refractivity contribution in [3.63, 3.8) is 0 Å². The van der Waals surface area contributed by atoms with Crippen molar-refractivity contribution in [2.75, 3.05) is 6.26 Å². The normalized spacial score (nSPS) is 10.8. The van der Waals surface area contributed by atoms with Gasteiger partial charge in [-0.05, 0) is 48.2 Å². The number of thioether (sulfide) groups is 1. The van der Waals surface area contributed by atoms with Gasteiger partial charge >= 0.3 is 0 Å². The van der Waals surface area contributed by atoms with Gasteiger partial charge in [-0.15, -0.1) is 11.8 Å². The zero-order chi connectivity index (χ0) is 17.1. The molecule has 0 aliphatic carbocycles. The maximum Gasteiger partial charge on any atom is 0.267 e. The molecule has 0 saturated carbocycles. The molecule has 122 valence electrons. The van der Waals surface area contributed by atoms with Crippen molar-refractivity contribution in [3.8, 4) is 11.3 Å². The van der Waals surface area contributed by atoms with Crippen LogP contribution in [0.15, 0.2) is 64.3 Å². The third kappa shape index (κ3) is 3.68. The third-order valence-corrected chi connectivity index (χ3v) is 4.54. The maximum atomic E-state index is 14.3. The topological polar surface area (TPSA) is 34.9 Å². The van der Waals surface area contributed by atoms with Crippen LogP contribution in [0.25, 0.3) is 11.3 Å². The Balaban J connectivity index is 1.97. The van der Waals surface area contributed by atoms with Crippen LogP contribution in [-0.4, -0.2) is 16.0 Å². The minimum atomic E-state index is -0.356. The fourth-order valence-corrected chi connectivity index (χ4v) is 2.85. The third-order valence-electron chi connectivity index (χ3n) is 3.56. The summed E-state index contributed by atoms with van der Waals surface area (Å²) in [6.45, 7) is 0.300. The molecule has 0 N–H and O–H groups in total. The van der Waals surface area contributed by atoms with Crippen LogP contribution in [0.2, 0.25) is 5.02 Å². The first kappa shape index (κ1) is 16.7. The first-order valence-electron chi connectivity index (χ1n) is 7.23. The molecule has 0 aliphatic heterocycles. The zero-order valence-electron chi connectivity index (χ0n) is 12.9. The lowest BCUT2D eigenvalue weighted by Gasteiger charge is -2.09. The van der Waals surface area contributed by atoms with Gasteiger partial charge in [0.15, 0.2) is 0 Å². The molecule has 0 spiro atoms. The molecule has 1 aromatic heterocycles. The summed E-state index contributed by atoms with van der Waals surface area (Å²) in [6, 6.07) is 15.1. The quantitative estimate of drug-likeness (QED) is 0.644. The number of aromatic nitrogens is 2. The van der Waals surface area contributed by atoms with Crippen molar-refractivity contribution in [3.05, 3.63) is 81.4 Å². The molecular weight excluding hydrogens is 347 g/mol. The molecule has 0 aliphatic rings. The largest absolute Gasteiger partial charge is 0.268 e. The summed E-state index contributed by atoms with van der Waals surface area (Å²) in [5, 5.41) is 4.93. The predicted octanol–water partition coefficient (Wildman–Crippen LogP) is 4.47. The van der Waals surface area contributed by atoms with Crippen molar-refractivity contribution in [2.24, 2.45) is 0 Å². The second kappa shape index (κ2) is 7.20. The summed E-state index contributed by atoms with van der Waals surface area (Å²) < 4.78 is 15.6. The van der Waals surface area contributed by atoms with E-state index in [0.29, 0.717) is 22.8 Å². The molecule has 0 saturated heterocycles. The number of nitrogens with zero attached hydrogens (tertiary/aromatic N) is 2. The average Bonchev–Trinajstić information content (AvgIpc) is 2.59. The molecule has 0 fully saturated rings. The van der Waals surface area contributed by atoms with E-state index in [-0.39, 0.29) is 11.4 Å². The molecule has 0 unspecified atom stereocenters. The standard InChI is InChI=1S/C18H14ClFN2OS/c1-24-14-6-7-15(16(20)10-14)17-8-9-18(23)22(21-17)11-12-2-4-13(19)5-3-12/h2-10H,11H2,1H3. The van der Waals surface area contributed by atoms with Crippen molar-refractivity contribution < 1.29 is 4.39 Å². The van der Waals surface area contributed by atoms with E-state index < -0.39 is 0 Å². The van der Waals surface area contributed by atoms with E-state index in [2.05, 4.69) is 5.10 Å². The monoisotopic (exact) mass is 360 g/mol. The van der Waals surface area contributed by atoms with Crippen molar-refractivity contribution >= 4 is 23.4 Å². The first-order valence-corrected chi connectivity index (χ1v) is 8.83. The van der Waals surface area contributed by atoms with Gasteiger partial charge in [0.25, 0.3) is 5.56 Å². The molecule has 3 nitrogen and oxygen atoms in total. The van der Waals surface area contributed by atoms with Crippen LogP contribution in [0.4, 0.5) is 4.39 Å². The Bertz CT molecular complexity index is 925. The van der Waals surface area contributed by atoms with Crippen LogP contribution < -0.4 is 5.56 Å². The molecular formula is C18H14ClFN2OS. The molecule has 1 heterocycles. The highest BCUT2D eigenvalue weighted by atomic mass is 35.5. The predicted molar refractivity (Wildman–Crippen MR) is 96.2 cm³/mol. The molecule has 3 aromatic rings. The molecule has 0 radical (unpaired) electrons. The van der Waals surface area contributed by atoms with Crippen LogP contribution >= 0.6 is 23.4 Å². The van der Waals surface area contributed by atoms with Crippen LogP contribution in [0.1, 0.15) is 5.56 Å². The number of benzene rings is 2. The Labute approximate surface area is 148 Å². The fraction of sp³-hybridized carbons (Fsp3) is 0.111. The molecule has 3 rings (SSSR count). The van der Waals surface area contributed by atoms with Gasteiger partial charge in [0.2, 0.25) is 0 Å². The van der Waals surface area contributed by atoms with Gasteiger partial charge in [0, 0.05) is 21.5 Å². The van der Waals surface area contributed by atoms with Gasteiger partial charge in [-0.1, -0.05) is 23.7 Å². The highest BCUT2D eigenvalue weighted by molar-refractivity contribution is 7.98. The Kier molecular flexibility index (Phi) is 5.02. The van der Waals surface area contributed by atoms with E-state index >= 15 is 0 Å². The van der Waals surface area contributed by atoms with E-state index in [4.69, 9.17) is 11.6 Å². The molecule has 24 heavy (non-hydrogen) atoms. The van der Waals surface area contributed by atoms with E-state index in [0.717, 1.165) is 10.5 Å².